The van der Waals surface area contributed by atoms with Gasteiger partial charge in [-0.15, -0.1) is 0 Å². The Hall–Kier alpha value is -1.06. The fourth-order valence-electron chi connectivity index (χ4n) is 2.32. The maximum absolute atomic E-state index is 11.4. The zero-order valence-corrected chi connectivity index (χ0v) is 9.87. The summed E-state index contributed by atoms with van der Waals surface area (Å²) < 4.78 is 0. The highest BCUT2D eigenvalue weighted by molar-refractivity contribution is 5.83. The first kappa shape index (κ1) is 13.0. The van der Waals surface area contributed by atoms with Gasteiger partial charge in [-0.05, 0) is 25.2 Å². The van der Waals surface area contributed by atoms with E-state index in [1.165, 1.54) is 6.42 Å². The maximum atomic E-state index is 11.4. The second kappa shape index (κ2) is 6.51. The van der Waals surface area contributed by atoms with Crippen LogP contribution in [-0.4, -0.2) is 23.0 Å². The monoisotopic (exact) mass is 227 g/mol. The predicted molar refractivity (Wildman–Crippen MR) is 61.0 cm³/mol. The van der Waals surface area contributed by atoms with Gasteiger partial charge < -0.3 is 10.4 Å². The molecule has 0 aromatic carbocycles. The summed E-state index contributed by atoms with van der Waals surface area (Å²) >= 11 is 0. The number of hydrogen-bond acceptors (Lipinski definition) is 2. The van der Waals surface area contributed by atoms with Crippen LogP contribution in [0.15, 0.2) is 0 Å². The summed E-state index contributed by atoms with van der Waals surface area (Å²) in [6.07, 6.45) is 6.36. The zero-order chi connectivity index (χ0) is 12.0. The number of aliphatic carboxylic acids is 1. The molecule has 0 aromatic rings. The SMILES string of the molecule is CCCC(=O)NC(C(=O)O)C1CCCCC1. The standard InChI is InChI=1S/C12H21NO3/c1-2-6-10(14)13-11(12(15)16)9-7-4-3-5-8-9/h9,11H,2-8H2,1H3,(H,13,14)(H,15,16). The quantitative estimate of drug-likeness (QED) is 0.754. The van der Waals surface area contributed by atoms with Crippen LogP contribution >= 0.6 is 0 Å². The van der Waals surface area contributed by atoms with Crippen LogP contribution in [0.25, 0.3) is 0 Å². The lowest BCUT2D eigenvalue weighted by molar-refractivity contribution is -0.143. The van der Waals surface area contributed by atoms with E-state index in [4.69, 9.17) is 5.11 Å². The zero-order valence-electron chi connectivity index (χ0n) is 9.87. The first-order valence-electron chi connectivity index (χ1n) is 6.17. The Labute approximate surface area is 96.4 Å². The van der Waals surface area contributed by atoms with E-state index >= 15 is 0 Å². The van der Waals surface area contributed by atoms with Crippen LogP contribution in [0.2, 0.25) is 0 Å². The molecule has 16 heavy (non-hydrogen) atoms. The molecule has 4 nitrogen and oxygen atoms in total. The van der Waals surface area contributed by atoms with Crippen molar-refractivity contribution in [2.45, 2.75) is 57.9 Å². The van der Waals surface area contributed by atoms with Gasteiger partial charge in [0, 0.05) is 6.42 Å². The fraction of sp³-hybridized carbons (Fsp3) is 0.833. The van der Waals surface area contributed by atoms with Crippen molar-refractivity contribution in [3.05, 3.63) is 0 Å². The highest BCUT2D eigenvalue weighted by Gasteiger charge is 2.30. The lowest BCUT2D eigenvalue weighted by Gasteiger charge is -2.28. The third-order valence-corrected chi connectivity index (χ3v) is 3.18. The van der Waals surface area contributed by atoms with Crippen LogP contribution in [0.4, 0.5) is 0 Å². The van der Waals surface area contributed by atoms with E-state index in [2.05, 4.69) is 5.32 Å². The smallest absolute Gasteiger partial charge is 0.326 e. The molecule has 92 valence electrons. The van der Waals surface area contributed by atoms with Crippen molar-refractivity contribution in [3.8, 4) is 0 Å². The molecule has 1 rings (SSSR count). The molecule has 1 saturated carbocycles. The Bertz CT molecular complexity index is 245. The molecule has 0 radical (unpaired) electrons. The van der Waals surface area contributed by atoms with Crippen LogP contribution in [0.5, 0.6) is 0 Å². The summed E-state index contributed by atoms with van der Waals surface area (Å²) in [7, 11) is 0. The Morgan fingerprint density at radius 3 is 2.44 bits per heavy atom. The average molecular weight is 227 g/mol. The Balaban J connectivity index is 2.52. The van der Waals surface area contributed by atoms with Gasteiger partial charge in [0.1, 0.15) is 6.04 Å². The van der Waals surface area contributed by atoms with E-state index in [0.717, 1.165) is 32.1 Å². The Kier molecular flexibility index (Phi) is 5.29. The summed E-state index contributed by atoms with van der Waals surface area (Å²) in [6, 6.07) is -0.681. The fourth-order valence-corrected chi connectivity index (χ4v) is 2.32. The molecule has 1 fully saturated rings. The van der Waals surface area contributed by atoms with Crippen molar-refractivity contribution >= 4 is 11.9 Å². The largest absolute Gasteiger partial charge is 0.480 e. The Morgan fingerprint density at radius 2 is 1.94 bits per heavy atom. The van der Waals surface area contributed by atoms with Crippen LogP contribution in [0, 0.1) is 5.92 Å². The molecule has 1 atom stereocenters. The molecule has 0 heterocycles. The second-order valence-corrected chi connectivity index (χ2v) is 4.53. The third-order valence-electron chi connectivity index (χ3n) is 3.18. The summed E-state index contributed by atoms with van der Waals surface area (Å²) in [6.45, 7) is 1.91. The number of carbonyl (C=O) groups is 2. The van der Waals surface area contributed by atoms with Gasteiger partial charge in [0.15, 0.2) is 0 Å². The molecule has 1 unspecified atom stereocenters. The van der Waals surface area contributed by atoms with Crippen molar-refractivity contribution in [1.29, 1.82) is 0 Å². The highest BCUT2D eigenvalue weighted by atomic mass is 16.4. The maximum Gasteiger partial charge on any atom is 0.326 e. The molecule has 4 heteroatoms. The number of rotatable bonds is 5. The molecular weight excluding hydrogens is 206 g/mol. The minimum absolute atomic E-state index is 0.118. The predicted octanol–water partition coefficient (Wildman–Crippen LogP) is 1.94. The Morgan fingerprint density at radius 1 is 1.31 bits per heavy atom. The lowest BCUT2D eigenvalue weighted by atomic mass is 9.84. The lowest BCUT2D eigenvalue weighted by Crippen LogP contribution is -2.46. The minimum atomic E-state index is -0.892. The molecule has 1 aliphatic carbocycles. The van der Waals surface area contributed by atoms with Crippen molar-refractivity contribution in [2.24, 2.45) is 5.92 Å². The van der Waals surface area contributed by atoms with Crippen LogP contribution in [0.3, 0.4) is 0 Å². The number of carboxylic acid groups (broad SMARTS) is 1. The van der Waals surface area contributed by atoms with Gasteiger partial charge in [-0.1, -0.05) is 26.2 Å². The topological polar surface area (TPSA) is 66.4 Å². The summed E-state index contributed by atoms with van der Waals surface area (Å²) in [5.74, 6) is -0.913. The van der Waals surface area contributed by atoms with Crippen LogP contribution in [0.1, 0.15) is 51.9 Å². The van der Waals surface area contributed by atoms with Gasteiger partial charge in [0.25, 0.3) is 0 Å². The molecule has 1 amide bonds. The molecular formula is C12H21NO3. The van der Waals surface area contributed by atoms with E-state index in [-0.39, 0.29) is 11.8 Å². The number of carbonyl (C=O) groups excluding carboxylic acids is 1. The molecule has 0 bridgehead atoms. The summed E-state index contributed by atoms with van der Waals surface area (Å²) in [5, 5.41) is 11.8. The van der Waals surface area contributed by atoms with Gasteiger partial charge in [0.2, 0.25) is 5.91 Å². The number of amides is 1. The number of carboxylic acids is 1. The van der Waals surface area contributed by atoms with Gasteiger partial charge in [-0.2, -0.15) is 0 Å². The molecule has 2 N–H and O–H groups in total. The molecule has 0 aliphatic heterocycles. The molecule has 0 saturated heterocycles. The van der Waals surface area contributed by atoms with Gasteiger partial charge in [0.05, 0.1) is 0 Å². The van der Waals surface area contributed by atoms with Crippen molar-refractivity contribution < 1.29 is 14.7 Å². The molecule has 0 aromatic heterocycles. The summed E-state index contributed by atoms with van der Waals surface area (Å²) in [5.41, 5.74) is 0. The van der Waals surface area contributed by atoms with Crippen LogP contribution in [-0.2, 0) is 9.59 Å². The van der Waals surface area contributed by atoms with Crippen molar-refractivity contribution in [3.63, 3.8) is 0 Å². The van der Waals surface area contributed by atoms with E-state index in [0.29, 0.717) is 6.42 Å². The van der Waals surface area contributed by atoms with Crippen LogP contribution < -0.4 is 5.32 Å². The molecule has 0 spiro atoms. The molecule has 1 aliphatic rings. The number of hydrogen-bond donors (Lipinski definition) is 2. The first-order chi connectivity index (χ1) is 7.65. The van der Waals surface area contributed by atoms with Gasteiger partial charge >= 0.3 is 5.97 Å². The first-order valence-corrected chi connectivity index (χ1v) is 6.17. The minimum Gasteiger partial charge on any atom is -0.480 e. The van der Waals surface area contributed by atoms with Crippen molar-refractivity contribution in [1.82, 2.24) is 5.32 Å². The third kappa shape index (κ3) is 3.83. The normalized spacial score (nSPS) is 19.1. The number of nitrogens with one attached hydrogen (secondary N) is 1. The van der Waals surface area contributed by atoms with E-state index < -0.39 is 12.0 Å². The summed E-state index contributed by atoms with van der Waals surface area (Å²) in [4.78, 5) is 22.5. The highest BCUT2D eigenvalue weighted by Crippen LogP contribution is 2.26. The average Bonchev–Trinajstić information content (AvgIpc) is 2.27. The second-order valence-electron chi connectivity index (χ2n) is 4.53. The van der Waals surface area contributed by atoms with E-state index in [1.807, 2.05) is 6.92 Å². The van der Waals surface area contributed by atoms with Gasteiger partial charge in [-0.3, -0.25) is 4.79 Å². The van der Waals surface area contributed by atoms with E-state index in [1.54, 1.807) is 0 Å². The van der Waals surface area contributed by atoms with Crippen molar-refractivity contribution in [2.75, 3.05) is 0 Å². The van der Waals surface area contributed by atoms with Gasteiger partial charge in [-0.25, -0.2) is 4.79 Å². The van der Waals surface area contributed by atoms with E-state index in [9.17, 15) is 9.59 Å².